The number of carbonyl (C=O) groups excluding carboxylic acids is 3. The van der Waals surface area contributed by atoms with Gasteiger partial charge in [0, 0.05) is 43.8 Å². The maximum absolute atomic E-state index is 14.2. The van der Waals surface area contributed by atoms with Gasteiger partial charge in [0.25, 0.3) is 5.91 Å². The van der Waals surface area contributed by atoms with E-state index in [-0.39, 0.29) is 30.8 Å². The third kappa shape index (κ3) is 7.94. The molecular formula is C35H40N6O4. The Labute approximate surface area is 263 Å². The first kappa shape index (κ1) is 31.4. The Hall–Kier alpha value is -4.99. The van der Waals surface area contributed by atoms with E-state index in [1.165, 1.54) is 4.90 Å². The van der Waals surface area contributed by atoms with Gasteiger partial charge >= 0.3 is 0 Å². The SMILES string of the molecule is Cc1nccc(-c2ccccc2)c1C(=O)N1CCCOc2cccc(c2)-c2nccn2CCNC(=O)[C@@H](CC(C)C)NC(=O)C1. The summed E-state index contributed by atoms with van der Waals surface area (Å²) in [6.07, 6.45) is 6.23. The number of imidazole rings is 1. The minimum atomic E-state index is -0.740. The van der Waals surface area contributed by atoms with Gasteiger partial charge in [-0.15, -0.1) is 0 Å². The highest BCUT2D eigenvalue weighted by Gasteiger charge is 2.27. The van der Waals surface area contributed by atoms with Crippen molar-refractivity contribution in [1.82, 2.24) is 30.1 Å². The van der Waals surface area contributed by atoms with E-state index in [0.29, 0.717) is 49.5 Å². The van der Waals surface area contributed by atoms with Gasteiger partial charge in [-0.1, -0.05) is 56.3 Å². The molecule has 0 radical (unpaired) electrons. The number of hydrogen-bond acceptors (Lipinski definition) is 6. The maximum atomic E-state index is 14.2. The third-order valence-electron chi connectivity index (χ3n) is 7.72. The first-order chi connectivity index (χ1) is 21.8. The molecule has 0 saturated heterocycles. The lowest BCUT2D eigenvalue weighted by molar-refractivity contribution is -0.129. The Balaban J connectivity index is 1.45. The van der Waals surface area contributed by atoms with E-state index >= 15 is 0 Å². The van der Waals surface area contributed by atoms with Crippen LogP contribution in [0.15, 0.2) is 79.3 Å². The van der Waals surface area contributed by atoms with Gasteiger partial charge in [-0.05, 0) is 55.0 Å². The molecule has 0 aliphatic carbocycles. The number of rotatable bonds is 4. The summed E-state index contributed by atoms with van der Waals surface area (Å²) in [5, 5.41) is 5.89. The van der Waals surface area contributed by atoms with Crippen molar-refractivity contribution in [2.24, 2.45) is 5.92 Å². The van der Waals surface area contributed by atoms with Crippen LogP contribution in [0.3, 0.4) is 0 Å². The topological polar surface area (TPSA) is 118 Å². The van der Waals surface area contributed by atoms with Gasteiger partial charge in [0.2, 0.25) is 11.8 Å². The molecule has 4 aromatic rings. The summed E-state index contributed by atoms with van der Waals surface area (Å²) in [6, 6.07) is 18.4. The second-order valence-corrected chi connectivity index (χ2v) is 11.6. The van der Waals surface area contributed by atoms with E-state index in [1.54, 1.807) is 19.3 Å². The number of aromatic nitrogens is 3. The zero-order valence-electron chi connectivity index (χ0n) is 26.0. The Morgan fingerprint density at radius 1 is 1.00 bits per heavy atom. The standard InChI is InChI=1S/C35H40N6O4/c1-24(2)21-30-34(43)38-16-19-40-18-15-37-33(40)27-11-7-12-28(22-27)45-20-8-17-41(23-31(42)39-30)35(44)32-25(3)36-14-13-29(32)26-9-5-4-6-10-26/h4-7,9-15,18,22,24,30H,8,16-17,19-21,23H2,1-3H3,(H,38,43)(H,39,42)/t30-/m1/s1. The largest absolute Gasteiger partial charge is 0.494 e. The molecule has 45 heavy (non-hydrogen) atoms. The molecule has 2 N–H and O–H groups in total. The van der Waals surface area contributed by atoms with Crippen LogP contribution in [0.1, 0.15) is 42.7 Å². The Morgan fingerprint density at radius 2 is 1.80 bits per heavy atom. The fraction of sp³-hybridized carbons (Fsp3) is 0.343. The molecule has 1 atom stereocenters. The molecule has 2 aromatic carbocycles. The van der Waals surface area contributed by atoms with E-state index in [2.05, 4.69) is 20.6 Å². The molecule has 1 aliphatic heterocycles. The fourth-order valence-corrected chi connectivity index (χ4v) is 5.56. The van der Waals surface area contributed by atoms with E-state index < -0.39 is 11.9 Å². The molecule has 0 unspecified atom stereocenters. The average molecular weight is 609 g/mol. The van der Waals surface area contributed by atoms with Crippen LogP contribution in [-0.2, 0) is 16.1 Å². The van der Waals surface area contributed by atoms with Crippen LogP contribution in [0, 0.1) is 12.8 Å². The second-order valence-electron chi connectivity index (χ2n) is 11.6. The van der Waals surface area contributed by atoms with Crippen molar-refractivity contribution >= 4 is 17.7 Å². The number of nitrogens with one attached hydrogen (secondary N) is 2. The van der Waals surface area contributed by atoms with E-state index in [0.717, 1.165) is 22.5 Å². The molecule has 1 aliphatic rings. The van der Waals surface area contributed by atoms with Gasteiger partial charge < -0.3 is 24.8 Å². The summed E-state index contributed by atoms with van der Waals surface area (Å²) < 4.78 is 8.07. The predicted octanol–water partition coefficient (Wildman–Crippen LogP) is 4.49. The lowest BCUT2D eigenvalue weighted by Gasteiger charge is -2.26. The zero-order valence-corrected chi connectivity index (χ0v) is 26.0. The molecule has 234 valence electrons. The number of fused-ring (bicyclic) bond motifs is 4. The van der Waals surface area contributed by atoms with E-state index in [1.807, 2.05) is 85.3 Å². The van der Waals surface area contributed by atoms with Crippen LogP contribution >= 0.6 is 0 Å². The normalized spacial score (nSPS) is 16.5. The molecule has 5 rings (SSSR count). The monoisotopic (exact) mass is 608 g/mol. The van der Waals surface area contributed by atoms with Crippen molar-refractivity contribution in [3.05, 3.63) is 90.5 Å². The lowest BCUT2D eigenvalue weighted by atomic mass is 9.98. The molecule has 0 fully saturated rings. The zero-order chi connectivity index (χ0) is 31.8. The van der Waals surface area contributed by atoms with Crippen molar-refractivity contribution in [3.8, 4) is 28.3 Å². The minimum absolute atomic E-state index is 0.160. The number of benzene rings is 2. The molecule has 0 saturated carbocycles. The smallest absolute Gasteiger partial charge is 0.256 e. The molecule has 10 heteroatoms. The van der Waals surface area contributed by atoms with Gasteiger partial charge in [0.1, 0.15) is 17.6 Å². The summed E-state index contributed by atoms with van der Waals surface area (Å²) >= 11 is 0. The van der Waals surface area contributed by atoms with Crippen molar-refractivity contribution in [3.63, 3.8) is 0 Å². The third-order valence-corrected chi connectivity index (χ3v) is 7.72. The highest BCUT2D eigenvalue weighted by atomic mass is 16.5. The van der Waals surface area contributed by atoms with Crippen LogP contribution in [-0.4, -0.2) is 69.4 Å². The number of nitrogens with zero attached hydrogens (tertiary/aromatic N) is 4. The molecule has 3 heterocycles. The van der Waals surface area contributed by atoms with Crippen molar-refractivity contribution in [2.45, 2.75) is 46.2 Å². The molecular weight excluding hydrogens is 568 g/mol. The van der Waals surface area contributed by atoms with E-state index in [9.17, 15) is 14.4 Å². The number of ether oxygens (including phenoxy) is 1. The summed E-state index contributed by atoms with van der Waals surface area (Å²) in [7, 11) is 0. The first-order valence-corrected chi connectivity index (χ1v) is 15.4. The van der Waals surface area contributed by atoms with Gasteiger partial charge in [0.05, 0.1) is 24.4 Å². The molecule has 2 aromatic heterocycles. The molecule has 3 amide bonds. The van der Waals surface area contributed by atoms with Gasteiger partial charge in [-0.2, -0.15) is 0 Å². The predicted molar refractivity (Wildman–Crippen MR) is 172 cm³/mol. The Morgan fingerprint density at radius 3 is 2.60 bits per heavy atom. The lowest BCUT2D eigenvalue weighted by Crippen LogP contribution is -2.51. The number of carbonyl (C=O) groups is 3. The van der Waals surface area contributed by atoms with Gasteiger partial charge in [-0.3, -0.25) is 19.4 Å². The number of aryl methyl sites for hydroxylation is 1. The summed E-state index contributed by atoms with van der Waals surface area (Å²) in [6.45, 7) is 7.05. The Bertz CT molecular complexity index is 1630. The van der Waals surface area contributed by atoms with Crippen molar-refractivity contribution in [1.29, 1.82) is 0 Å². The van der Waals surface area contributed by atoms with Gasteiger partial charge in [-0.25, -0.2) is 4.98 Å². The summed E-state index contributed by atoms with van der Waals surface area (Å²) in [5.74, 6) is 0.635. The highest BCUT2D eigenvalue weighted by molar-refractivity contribution is 6.03. The minimum Gasteiger partial charge on any atom is -0.494 e. The molecule has 2 bridgehead atoms. The van der Waals surface area contributed by atoms with Crippen molar-refractivity contribution < 1.29 is 19.1 Å². The second kappa shape index (κ2) is 14.7. The number of hydrogen-bond donors (Lipinski definition) is 2. The van der Waals surface area contributed by atoms with Crippen LogP contribution < -0.4 is 15.4 Å². The quantitative estimate of drug-likeness (QED) is 0.353. The van der Waals surface area contributed by atoms with Crippen LogP contribution in [0.2, 0.25) is 0 Å². The molecule has 10 nitrogen and oxygen atoms in total. The van der Waals surface area contributed by atoms with Gasteiger partial charge in [0.15, 0.2) is 0 Å². The average Bonchev–Trinajstić information content (AvgIpc) is 3.50. The summed E-state index contributed by atoms with van der Waals surface area (Å²) in [5.41, 5.74) is 3.54. The molecule has 0 spiro atoms. The highest BCUT2D eigenvalue weighted by Crippen LogP contribution is 2.27. The fourth-order valence-electron chi connectivity index (χ4n) is 5.56. The number of pyridine rings is 1. The maximum Gasteiger partial charge on any atom is 0.256 e. The van der Waals surface area contributed by atoms with Crippen LogP contribution in [0.4, 0.5) is 0 Å². The summed E-state index contributed by atoms with van der Waals surface area (Å²) in [4.78, 5) is 51.5. The first-order valence-electron chi connectivity index (χ1n) is 15.4. The number of amides is 3. The van der Waals surface area contributed by atoms with Crippen molar-refractivity contribution in [2.75, 3.05) is 26.2 Å². The van der Waals surface area contributed by atoms with Crippen LogP contribution in [0.25, 0.3) is 22.5 Å². The van der Waals surface area contributed by atoms with E-state index in [4.69, 9.17) is 4.74 Å². The van der Waals surface area contributed by atoms with Crippen LogP contribution in [0.5, 0.6) is 5.75 Å². The Kier molecular flexibility index (Phi) is 10.2.